The number of alkyl carbamates (subject to hydrolysis) is 1. The molecule has 1 amide bonds. The lowest BCUT2D eigenvalue weighted by Gasteiger charge is -2.23. The summed E-state index contributed by atoms with van der Waals surface area (Å²) in [6.07, 6.45) is 0.782. The SMILES string of the molecule is C=C(C)C(C)C1=C(Cl)CCC(NC(=O)OC(C)(C)C)=N1.CC. The van der Waals surface area contributed by atoms with Crippen molar-refractivity contribution in [3.05, 3.63) is 22.9 Å². The monoisotopic (exact) mass is 328 g/mol. The van der Waals surface area contributed by atoms with Crippen LogP contribution >= 0.6 is 11.6 Å². The number of nitrogens with zero attached hydrogens (tertiary/aromatic N) is 1. The average molecular weight is 329 g/mol. The quantitative estimate of drug-likeness (QED) is 0.691. The topological polar surface area (TPSA) is 50.7 Å². The van der Waals surface area contributed by atoms with E-state index in [0.29, 0.717) is 18.7 Å². The van der Waals surface area contributed by atoms with Crippen molar-refractivity contribution in [1.29, 1.82) is 0 Å². The van der Waals surface area contributed by atoms with Crippen molar-refractivity contribution in [2.24, 2.45) is 10.9 Å². The summed E-state index contributed by atoms with van der Waals surface area (Å²) in [5.41, 5.74) is 1.23. The molecule has 0 aliphatic carbocycles. The number of hydrogen-bond donors (Lipinski definition) is 1. The number of allylic oxidation sites excluding steroid dienone is 2. The van der Waals surface area contributed by atoms with Crippen molar-refractivity contribution in [1.82, 2.24) is 5.32 Å². The maximum atomic E-state index is 11.7. The molecular weight excluding hydrogens is 300 g/mol. The van der Waals surface area contributed by atoms with E-state index in [0.717, 1.165) is 16.3 Å². The summed E-state index contributed by atoms with van der Waals surface area (Å²) in [6.45, 7) is 17.3. The van der Waals surface area contributed by atoms with Gasteiger partial charge >= 0.3 is 6.09 Å². The number of halogens is 1. The normalized spacial score (nSPS) is 16.1. The Morgan fingerprint density at radius 1 is 1.36 bits per heavy atom. The van der Waals surface area contributed by atoms with Crippen molar-refractivity contribution in [3.63, 3.8) is 0 Å². The molecule has 1 rings (SSSR count). The number of carbonyl (C=O) groups is 1. The van der Waals surface area contributed by atoms with Crippen LogP contribution in [0.2, 0.25) is 0 Å². The van der Waals surface area contributed by atoms with E-state index in [1.54, 1.807) is 0 Å². The fourth-order valence-electron chi connectivity index (χ4n) is 1.70. The van der Waals surface area contributed by atoms with Crippen LogP contribution in [-0.2, 0) is 4.74 Å². The lowest BCUT2D eigenvalue weighted by molar-refractivity contribution is 0.0562. The van der Waals surface area contributed by atoms with Gasteiger partial charge in [-0.05, 0) is 34.1 Å². The fraction of sp³-hybridized carbons (Fsp3) is 0.647. The summed E-state index contributed by atoms with van der Waals surface area (Å²) >= 11 is 6.22. The maximum Gasteiger partial charge on any atom is 0.413 e. The summed E-state index contributed by atoms with van der Waals surface area (Å²) in [6, 6.07) is 0. The molecule has 1 aliphatic heterocycles. The Kier molecular flexibility index (Phi) is 8.46. The van der Waals surface area contributed by atoms with Gasteiger partial charge in [-0.15, -0.1) is 0 Å². The van der Waals surface area contributed by atoms with Crippen LogP contribution in [0.5, 0.6) is 0 Å². The highest BCUT2D eigenvalue weighted by atomic mass is 35.5. The highest BCUT2D eigenvalue weighted by molar-refractivity contribution is 6.30. The first-order valence-electron chi connectivity index (χ1n) is 7.71. The van der Waals surface area contributed by atoms with Crippen LogP contribution in [0.15, 0.2) is 27.9 Å². The molecule has 5 heteroatoms. The van der Waals surface area contributed by atoms with E-state index in [4.69, 9.17) is 16.3 Å². The molecule has 0 spiro atoms. The summed E-state index contributed by atoms with van der Waals surface area (Å²) in [5, 5.41) is 3.42. The Bertz CT molecular complexity index is 474. The molecule has 0 bridgehead atoms. The number of nitrogens with one attached hydrogen (secondary N) is 1. The molecule has 126 valence electrons. The standard InChI is InChI=1S/C15H23ClN2O2.C2H6/c1-9(2)10(3)13-11(16)7-8-12(17-13)18-14(19)20-15(4,5)6;1-2/h10H,1,7-8H2,2-6H3,(H,17,18,19);1-2H3. The van der Waals surface area contributed by atoms with E-state index >= 15 is 0 Å². The van der Waals surface area contributed by atoms with Crippen LogP contribution in [0, 0.1) is 5.92 Å². The number of aliphatic imine (C=N–C) groups is 1. The Morgan fingerprint density at radius 2 is 1.91 bits per heavy atom. The predicted octanol–water partition coefficient (Wildman–Crippen LogP) is 5.39. The third kappa shape index (κ3) is 7.12. The number of carbonyl (C=O) groups excluding carboxylic acids is 1. The summed E-state index contributed by atoms with van der Waals surface area (Å²) < 4.78 is 5.21. The second kappa shape index (κ2) is 8.99. The molecular formula is C17H29ClN2O2. The highest BCUT2D eigenvalue weighted by Gasteiger charge is 2.22. The van der Waals surface area contributed by atoms with Crippen LogP contribution in [0.1, 0.15) is 61.3 Å². The predicted molar refractivity (Wildman–Crippen MR) is 94.2 cm³/mol. The molecule has 0 aromatic heterocycles. The lowest BCUT2D eigenvalue weighted by atomic mass is 9.98. The van der Waals surface area contributed by atoms with Crippen LogP contribution in [-0.4, -0.2) is 17.5 Å². The molecule has 0 saturated carbocycles. The van der Waals surface area contributed by atoms with Gasteiger partial charge in [0, 0.05) is 17.4 Å². The van der Waals surface area contributed by atoms with Crippen LogP contribution in [0.4, 0.5) is 4.79 Å². The van der Waals surface area contributed by atoms with E-state index in [2.05, 4.69) is 16.9 Å². The lowest BCUT2D eigenvalue weighted by Crippen LogP contribution is -2.37. The van der Waals surface area contributed by atoms with Gasteiger partial charge in [-0.2, -0.15) is 0 Å². The van der Waals surface area contributed by atoms with E-state index in [-0.39, 0.29) is 5.92 Å². The average Bonchev–Trinajstić information content (AvgIpc) is 2.40. The number of amides is 1. The molecule has 1 unspecified atom stereocenters. The Labute approximate surface area is 139 Å². The highest BCUT2D eigenvalue weighted by Crippen LogP contribution is 2.30. The van der Waals surface area contributed by atoms with E-state index in [1.165, 1.54) is 0 Å². The van der Waals surface area contributed by atoms with Gasteiger partial charge < -0.3 is 4.74 Å². The number of ether oxygens (including phenoxy) is 1. The van der Waals surface area contributed by atoms with Gasteiger partial charge in [-0.25, -0.2) is 9.79 Å². The van der Waals surface area contributed by atoms with E-state index in [9.17, 15) is 4.79 Å². The first kappa shape index (κ1) is 20.7. The minimum Gasteiger partial charge on any atom is -0.444 e. The summed E-state index contributed by atoms with van der Waals surface area (Å²) in [7, 11) is 0. The molecule has 1 heterocycles. The van der Waals surface area contributed by atoms with Crippen LogP contribution < -0.4 is 5.32 Å². The van der Waals surface area contributed by atoms with Gasteiger partial charge in [0.15, 0.2) is 0 Å². The van der Waals surface area contributed by atoms with E-state index < -0.39 is 11.7 Å². The van der Waals surface area contributed by atoms with Crippen molar-refractivity contribution in [3.8, 4) is 0 Å². The number of amidine groups is 1. The zero-order valence-electron chi connectivity index (χ0n) is 14.8. The molecule has 1 atom stereocenters. The largest absolute Gasteiger partial charge is 0.444 e. The smallest absolute Gasteiger partial charge is 0.413 e. The van der Waals surface area contributed by atoms with Gasteiger partial charge in [0.1, 0.15) is 11.4 Å². The van der Waals surface area contributed by atoms with Gasteiger partial charge in [0.05, 0.1) is 5.70 Å². The van der Waals surface area contributed by atoms with Crippen molar-refractivity contribution >= 4 is 23.5 Å². The zero-order valence-corrected chi connectivity index (χ0v) is 15.6. The number of rotatable bonds is 2. The molecule has 0 aromatic rings. The Balaban J connectivity index is 0.00000211. The van der Waals surface area contributed by atoms with Crippen LogP contribution in [0.25, 0.3) is 0 Å². The third-order valence-corrected chi connectivity index (χ3v) is 3.29. The molecule has 0 aromatic carbocycles. The van der Waals surface area contributed by atoms with Gasteiger partial charge in [0.2, 0.25) is 0 Å². The summed E-state index contributed by atoms with van der Waals surface area (Å²) in [5.74, 6) is 0.657. The third-order valence-electron chi connectivity index (χ3n) is 2.91. The zero-order chi connectivity index (χ0) is 17.5. The Morgan fingerprint density at radius 3 is 2.36 bits per heavy atom. The first-order chi connectivity index (χ1) is 10.1. The molecule has 22 heavy (non-hydrogen) atoms. The fourth-order valence-corrected chi connectivity index (χ4v) is 2.00. The minimum absolute atomic E-state index is 0.0678. The molecule has 1 aliphatic rings. The molecule has 1 N–H and O–H groups in total. The maximum absolute atomic E-state index is 11.7. The molecule has 4 nitrogen and oxygen atoms in total. The van der Waals surface area contributed by atoms with Crippen molar-refractivity contribution < 1.29 is 9.53 Å². The van der Waals surface area contributed by atoms with Gasteiger partial charge in [-0.1, -0.05) is 44.5 Å². The second-order valence-electron chi connectivity index (χ2n) is 6.04. The van der Waals surface area contributed by atoms with Crippen LogP contribution in [0.3, 0.4) is 0 Å². The molecule has 0 radical (unpaired) electrons. The van der Waals surface area contributed by atoms with Crippen molar-refractivity contribution in [2.75, 3.05) is 0 Å². The van der Waals surface area contributed by atoms with Gasteiger partial charge in [0.25, 0.3) is 0 Å². The van der Waals surface area contributed by atoms with Gasteiger partial charge in [-0.3, -0.25) is 5.32 Å². The minimum atomic E-state index is -0.527. The molecule has 0 saturated heterocycles. The van der Waals surface area contributed by atoms with Crippen molar-refractivity contribution in [2.45, 2.75) is 66.9 Å². The summed E-state index contributed by atoms with van der Waals surface area (Å²) in [4.78, 5) is 16.2. The second-order valence-corrected chi connectivity index (χ2v) is 6.50. The number of hydrogen-bond acceptors (Lipinski definition) is 3. The first-order valence-corrected chi connectivity index (χ1v) is 8.09. The molecule has 0 fully saturated rings. The van der Waals surface area contributed by atoms with E-state index in [1.807, 2.05) is 48.5 Å². The Hall–Kier alpha value is -1.29.